The van der Waals surface area contributed by atoms with Crippen LogP contribution in [0.15, 0.2) is 28.7 Å². The number of H-pyrrole nitrogens is 1. The van der Waals surface area contributed by atoms with E-state index in [1.165, 1.54) is 38.0 Å². The van der Waals surface area contributed by atoms with Crippen molar-refractivity contribution in [1.82, 2.24) is 9.88 Å². The Balaban J connectivity index is 1.91. The second-order valence-corrected chi connectivity index (χ2v) is 7.20. The minimum atomic E-state index is 0.402. The number of hydrogen-bond donors (Lipinski definition) is 1. The van der Waals surface area contributed by atoms with Crippen LogP contribution in [0.1, 0.15) is 37.9 Å². The van der Waals surface area contributed by atoms with Crippen LogP contribution < -0.4 is 9.47 Å². The van der Waals surface area contributed by atoms with Gasteiger partial charge >= 0.3 is 0 Å². The molecule has 3 rings (SSSR count). The summed E-state index contributed by atoms with van der Waals surface area (Å²) in [6.07, 6.45) is 3.96. The van der Waals surface area contributed by atoms with E-state index in [-0.39, 0.29) is 0 Å². The van der Waals surface area contributed by atoms with E-state index in [1.807, 2.05) is 6.07 Å². The summed E-state index contributed by atoms with van der Waals surface area (Å²) < 4.78 is 12.0. The normalized spacial score (nSPS) is 16.8. The Kier molecular flexibility index (Phi) is 5.51. The number of likely N-dealkylation sites (tertiary alicyclic amines) is 1. The number of hydrogen-bond acceptors (Lipinski definition) is 3. The molecule has 0 aliphatic carbocycles. The van der Waals surface area contributed by atoms with Crippen LogP contribution in [-0.2, 0) is 0 Å². The van der Waals surface area contributed by atoms with Gasteiger partial charge in [0.05, 0.1) is 14.2 Å². The zero-order chi connectivity index (χ0) is 17.1. The fourth-order valence-electron chi connectivity index (χ4n) is 3.45. The van der Waals surface area contributed by atoms with Crippen LogP contribution in [0, 0.1) is 0 Å². The third kappa shape index (κ3) is 3.47. The first-order valence-corrected chi connectivity index (χ1v) is 9.28. The van der Waals surface area contributed by atoms with E-state index in [2.05, 4.69) is 50.9 Å². The Morgan fingerprint density at radius 2 is 1.83 bits per heavy atom. The molecule has 0 radical (unpaired) electrons. The molecule has 1 aliphatic heterocycles. The molecule has 1 fully saturated rings. The zero-order valence-electron chi connectivity index (χ0n) is 14.6. The second-order valence-electron chi connectivity index (χ2n) is 6.29. The summed E-state index contributed by atoms with van der Waals surface area (Å²) in [6.45, 7) is 4.65. The van der Waals surface area contributed by atoms with Gasteiger partial charge in [-0.25, -0.2) is 0 Å². The van der Waals surface area contributed by atoms with Crippen molar-refractivity contribution in [2.75, 3.05) is 27.3 Å². The highest BCUT2D eigenvalue weighted by Crippen LogP contribution is 2.40. The van der Waals surface area contributed by atoms with Crippen LogP contribution in [0.25, 0.3) is 11.3 Å². The number of nitrogens with zero attached hydrogens (tertiary/aromatic N) is 1. The van der Waals surface area contributed by atoms with Crippen molar-refractivity contribution in [1.29, 1.82) is 0 Å². The van der Waals surface area contributed by atoms with Gasteiger partial charge in [0.15, 0.2) is 11.5 Å². The summed E-state index contributed by atoms with van der Waals surface area (Å²) in [7, 11) is 3.34. The van der Waals surface area contributed by atoms with Gasteiger partial charge in [0.25, 0.3) is 0 Å². The molecule has 0 spiro atoms. The van der Waals surface area contributed by atoms with Gasteiger partial charge in [0, 0.05) is 27.5 Å². The molecular weight excluding hydrogens is 368 g/mol. The van der Waals surface area contributed by atoms with Gasteiger partial charge in [-0.3, -0.25) is 4.90 Å². The number of aromatic nitrogens is 1. The van der Waals surface area contributed by atoms with Crippen LogP contribution in [0.3, 0.4) is 0 Å². The first kappa shape index (κ1) is 17.4. The van der Waals surface area contributed by atoms with E-state index >= 15 is 0 Å². The molecule has 2 aromatic rings. The Morgan fingerprint density at radius 1 is 1.08 bits per heavy atom. The molecule has 0 bridgehead atoms. The average molecular weight is 393 g/mol. The molecule has 4 nitrogen and oxygen atoms in total. The lowest BCUT2D eigenvalue weighted by Gasteiger charge is -2.31. The number of halogens is 1. The van der Waals surface area contributed by atoms with E-state index in [0.29, 0.717) is 6.04 Å². The van der Waals surface area contributed by atoms with Crippen LogP contribution in [0.4, 0.5) is 0 Å². The van der Waals surface area contributed by atoms with Gasteiger partial charge in [-0.05, 0) is 57.1 Å². The highest BCUT2D eigenvalue weighted by Gasteiger charge is 2.21. The summed E-state index contributed by atoms with van der Waals surface area (Å²) in [5.41, 5.74) is 3.29. The molecule has 1 aromatic heterocycles. The first-order chi connectivity index (χ1) is 11.6. The SMILES string of the molecule is COc1cc(Br)cc(-c2ccc(C(C)N3CCCCC3)[nH]2)c1OC. The van der Waals surface area contributed by atoms with Gasteiger partial charge < -0.3 is 14.5 Å². The molecule has 24 heavy (non-hydrogen) atoms. The van der Waals surface area contributed by atoms with E-state index in [1.54, 1.807) is 14.2 Å². The average Bonchev–Trinajstić information content (AvgIpc) is 3.11. The van der Waals surface area contributed by atoms with Crippen LogP contribution >= 0.6 is 15.9 Å². The second kappa shape index (κ2) is 7.62. The number of rotatable bonds is 5. The van der Waals surface area contributed by atoms with Crippen molar-refractivity contribution >= 4 is 15.9 Å². The Labute approximate surface area is 152 Å². The maximum Gasteiger partial charge on any atom is 0.170 e. The predicted octanol–water partition coefficient (Wildman–Crippen LogP) is 5.01. The van der Waals surface area contributed by atoms with Gasteiger partial charge in [-0.2, -0.15) is 0 Å². The lowest BCUT2D eigenvalue weighted by atomic mass is 10.1. The van der Waals surface area contributed by atoms with E-state index in [4.69, 9.17) is 9.47 Å². The molecule has 1 saturated heterocycles. The van der Waals surface area contributed by atoms with Gasteiger partial charge in [0.1, 0.15) is 0 Å². The third-order valence-electron chi connectivity index (χ3n) is 4.83. The van der Waals surface area contributed by atoms with Gasteiger partial charge in [-0.15, -0.1) is 0 Å². The number of aromatic amines is 1. The predicted molar refractivity (Wildman–Crippen MR) is 101 cm³/mol. The minimum absolute atomic E-state index is 0.402. The van der Waals surface area contributed by atoms with Crippen molar-refractivity contribution in [2.45, 2.75) is 32.2 Å². The molecule has 0 amide bonds. The summed E-state index contributed by atoms with van der Waals surface area (Å²) in [5.74, 6) is 1.47. The zero-order valence-corrected chi connectivity index (χ0v) is 16.1. The first-order valence-electron chi connectivity index (χ1n) is 8.49. The molecular formula is C19H25BrN2O2. The summed E-state index contributed by atoms with van der Waals surface area (Å²) in [5, 5.41) is 0. The minimum Gasteiger partial charge on any atom is -0.493 e. The van der Waals surface area contributed by atoms with Gasteiger partial charge in [0.2, 0.25) is 0 Å². The van der Waals surface area contributed by atoms with Crippen LogP contribution in [-0.4, -0.2) is 37.2 Å². The largest absolute Gasteiger partial charge is 0.493 e. The Bertz CT molecular complexity index is 693. The van der Waals surface area contributed by atoms with Crippen molar-refractivity contribution in [3.63, 3.8) is 0 Å². The summed E-state index contributed by atoms with van der Waals surface area (Å²) in [4.78, 5) is 6.14. The molecule has 1 unspecified atom stereocenters. The molecule has 130 valence electrons. The fourth-order valence-corrected chi connectivity index (χ4v) is 3.88. The molecule has 5 heteroatoms. The molecule has 0 saturated carbocycles. The fraction of sp³-hybridized carbons (Fsp3) is 0.474. The van der Waals surface area contributed by atoms with Crippen molar-refractivity contribution in [3.8, 4) is 22.8 Å². The lowest BCUT2D eigenvalue weighted by Crippen LogP contribution is -2.32. The molecule has 1 aliphatic rings. The quantitative estimate of drug-likeness (QED) is 0.776. The standard InChI is InChI=1S/C19H25BrN2O2/c1-13(22-9-5-4-6-10-22)16-7-8-17(21-16)15-11-14(20)12-18(23-2)19(15)24-3/h7-8,11-13,21H,4-6,9-10H2,1-3H3. The molecule has 2 heterocycles. The van der Waals surface area contributed by atoms with Crippen LogP contribution in [0.5, 0.6) is 11.5 Å². The highest BCUT2D eigenvalue weighted by atomic mass is 79.9. The number of ether oxygens (including phenoxy) is 2. The smallest absolute Gasteiger partial charge is 0.170 e. The maximum absolute atomic E-state index is 5.59. The third-order valence-corrected chi connectivity index (χ3v) is 5.29. The Hall–Kier alpha value is -1.46. The monoisotopic (exact) mass is 392 g/mol. The van der Waals surface area contributed by atoms with Crippen LogP contribution in [0.2, 0.25) is 0 Å². The van der Waals surface area contributed by atoms with E-state index in [0.717, 1.165) is 27.2 Å². The molecule has 1 N–H and O–H groups in total. The van der Waals surface area contributed by atoms with Crippen molar-refractivity contribution in [2.24, 2.45) is 0 Å². The van der Waals surface area contributed by atoms with E-state index < -0.39 is 0 Å². The number of piperidine rings is 1. The Morgan fingerprint density at radius 3 is 2.50 bits per heavy atom. The summed E-state index contributed by atoms with van der Waals surface area (Å²) in [6, 6.07) is 8.69. The lowest BCUT2D eigenvalue weighted by molar-refractivity contribution is 0.172. The number of methoxy groups -OCH3 is 2. The highest BCUT2D eigenvalue weighted by molar-refractivity contribution is 9.10. The van der Waals surface area contributed by atoms with E-state index in [9.17, 15) is 0 Å². The molecule has 1 atom stereocenters. The number of nitrogens with one attached hydrogen (secondary N) is 1. The van der Waals surface area contributed by atoms with Gasteiger partial charge in [-0.1, -0.05) is 22.4 Å². The molecule has 1 aromatic carbocycles. The number of benzene rings is 1. The summed E-state index contributed by atoms with van der Waals surface area (Å²) >= 11 is 3.56. The van der Waals surface area contributed by atoms with Crippen molar-refractivity contribution < 1.29 is 9.47 Å². The topological polar surface area (TPSA) is 37.5 Å². The van der Waals surface area contributed by atoms with Crippen molar-refractivity contribution in [3.05, 3.63) is 34.4 Å². The maximum atomic E-state index is 5.59.